The van der Waals surface area contributed by atoms with Crippen LogP contribution in [-0.4, -0.2) is 0 Å². The molecule has 0 fully saturated rings. The Morgan fingerprint density at radius 1 is 1.05 bits per heavy atom. The van der Waals surface area contributed by atoms with Gasteiger partial charge < -0.3 is 0 Å². The minimum atomic E-state index is -0.141. The monoisotopic (exact) mass is 400 g/mol. The molecule has 1 atom stereocenters. The van der Waals surface area contributed by atoms with E-state index in [0.29, 0.717) is 0 Å². The molecule has 0 nitrogen and oxygen atoms in total. The lowest BCUT2D eigenvalue weighted by Gasteiger charge is -2.14. The summed E-state index contributed by atoms with van der Waals surface area (Å²) in [7, 11) is 0. The quantitative estimate of drug-likeness (QED) is 0.520. The first-order chi connectivity index (χ1) is 9.02. The number of hydrogen-bond donors (Lipinski definition) is 0. The predicted octanol–water partition coefficient (Wildman–Crippen LogP) is 6.41. The number of halogens is 3. The minimum absolute atomic E-state index is 0.141. The fourth-order valence-electron chi connectivity index (χ4n) is 1.96. The van der Waals surface area contributed by atoms with E-state index in [1.165, 1.54) is 11.1 Å². The van der Waals surface area contributed by atoms with Gasteiger partial charge >= 0.3 is 0 Å². The van der Waals surface area contributed by atoms with Crippen molar-refractivity contribution in [3.63, 3.8) is 0 Å². The van der Waals surface area contributed by atoms with Crippen LogP contribution in [0.25, 0.3) is 0 Å². The van der Waals surface area contributed by atoms with Crippen molar-refractivity contribution in [3.05, 3.63) is 67.6 Å². The van der Waals surface area contributed by atoms with Gasteiger partial charge in [-0.15, -0.1) is 11.6 Å². The largest absolute Gasteiger partial charge is 0.113 e. The molecular formula is C16H15Br2Cl. The third kappa shape index (κ3) is 3.42. The second-order valence-electron chi connectivity index (χ2n) is 4.58. The Kier molecular flexibility index (Phi) is 5.10. The molecule has 0 heterocycles. The zero-order valence-electron chi connectivity index (χ0n) is 10.9. The number of hydrogen-bond acceptors (Lipinski definition) is 0. The molecule has 0 aromatic heterocycles. The van der Waals surface area contributed by atoms with Gasteiger partial charge in [-0.3, -0.25) is 0 Å². The summed E-state index contributed by atoms with van der Waals surface area (Å²) in [6.45, 7) is 4.22. The maximum Gasteiger partial charge on any atom is 0.0846 e. The number of alkyl halides is 1. The van der Waals surface area contributed by atoms with E-state index in [-0.39, 0.29) is 5.38 Å². The smallest absolute Gasteiger partial charge is 0.0846 e. The highest BCUT2D eigenvalue weighted by molar-refractivity contribution is 9.11. The van der Waals surface area contributed by atoms with Crippen molar-refractivity contribution in [3.8, 4) is 0 Å². The number of benzene rings is 2. The number of rotatable bonds is 3. The van der Waals surface area contributed by atoms with E-state index in [2.05, 4.69) is 82.1 Å². The van der Waals surface area contributed by atoms with Crippen molar-refractivity contribution >= 4 is 43.5 Å². The van der Waals surface area contributed by atoms with Gasteiger partial charge in [-0.1, -0.05) is 63.0 Å². The topological polar surface area (TPSA) is 0 Å². The van der Waals surface area contributed by atoms with Gasteiger partial charge in [-0.05, 0) is 47.7 Å². The summed E-state index contributed by atoms with van der Waals surface area (Å²) in [5.41, 5.74) is 4.73. The molecule has 0 aliphatic carbocycles. The molecule has 100 valence electrons. The van der Waals surface area contributed by atoms with Crippen molar-refractivity contribution in [2.45, 2.75) is 25.6 Å². The van der Waals surface area contributed by atoms with Gasteiger partial charge in [-0.25, -0.2) is 0 Å². The van der Waals surface area contributed by atoms with Crippen LogP contribution in [0, 0.1) is 6.92 Å². The van der Waals surface area contributed by atoms with E-state index in [4.69, 9.17) is 11.6 Å². The lowest BCUT2D eigenvalue weighted by Crippen LogP contribution is -1.96. The average molecular weight is 403 g/mol. The molecule has 0 radical (unpaired) electrons. The third-order valence-electron chi connectivity index (χ3n) is 3.23. The summed E-state index contributed by atoms with van der Waals surface area (Å²) in [6.07, 6.45) is 1.05. The second-order valence-corrected chi connectivity index (χ2v) is 6.73. The SMILES string of the molecule is CCc1ccc(C(Cl)c2cc(Br)c(C)cc2Br)cc1. The molecule has 2 aromatic carbocycles. The first-order valence-corrected chi connectivity index (χ1v) is 8.23. The van der Waals surface area contributed by atoms with Gasteiger partial charge in [0, 0.05) is 8.95 Å². The van der Waals surface area contributed by atoms with Crippen LogP contribution in [0.4, 0.5) is 0 Å². The van der Waals surface area contributed by atoms with Gasteiger partial charge in [0.1, 0.15) is 0 Å². The summed E-state index contributed by atoms with van der Waals surface area (Å²) >= 11 is 13.8. The summed E-state index contributed by atoms with van der Waals surface area (Å²) < 4.78 is 2.13. The fraction of sp³-hybridized carbons (Fsp3) is 0.250. The van der Waals surface area contributed by atoms with E-state index < -0.39 is 0 Å². The van der Waals surface area contributed by atoms with Gasteiger partial charge in [0.05, 0.1) is 5.38 Å². The molecule has 0 aliphatic heterocycles. The van der Waals surface area contributed by atoms with E-state index in [1.54, 1.807) is 0 Å². The molecule has 0 N–H and O–H groups in total. The maximum atomic E-state index is 6.61. The summed E-state index contributed by atoms with van der Waals surface area (Å²) in [5, 5.41) is -0.141. The van der Waals surface area contributed by atoms with Crippen LogP contribution in [0.1, 0.15) is 34.6 Å². The Morgan fingerprint density at radius 2 is 1.68 bits per heavy atom. The normalized spacial score (nSPS) is 12.5. The van der Waals surface area contributed by atoms with Crippen LogP contribution in [0.3, 0.4) is 0 Å². The second kappa shape index (κ2) is 6.43. The standard InChI is InChI=1S/C16H15Br2Cl/c1-3-11-4-6-12(7-5-11)16(19)13-9-14(17)10(2)8-15(13)18/h4-9,16H,3H2,1-2H3. The highest BCUT2D eigenvalue weighted by Crippen LogP contribution is 2.36. The Balaban J connectivity index is 2.37. The van der Waals surface area contributed by atoms with E-state index in [1.807, 2.05) is 0 Å². The minimum Gasteiger partial charge on any atom is -0.113 e. The number of aryl methyl sites for hydroxylation is 2. The van der Waals surface area contributed by atoms with Gasteiger partial charge in [0.25, 0.3) is 0 Å². The summed E-state index contributed by atoms with van der Waals surface area (Å²) in [5.74, 6) is 0. The van der Waals surface area contributed by atoms with Gasteiger partial charge in [0.2, 0.25) is 0 Å². The van der Waals surface area contributed by atoms with Crippen molar-refractivity contribution in [2.24, 2.45) is 0 Å². The van der Waals surface area contributed by atoms with Crippen LogP contribution < -0.4 is 0 Å². The Morgan fingerprint density at radius 3 is 2.26 bits per heavy atom. The maximum absolute atomic E-state index is 6.61. The molecule has 3 heteroatoms. The molecule has 2 aromatic rings. The van der Waals surface area contributed by atoms with Crippen LogP contribution in [-0.2, 0) is 6.42 Å². The zero-order chi connectivity index (χ0) is 14.0. The lowest BCUT2D eigenvalue weighted by molar-refractivity contribution is 1.09. The van der Waals surface area contributed by atoms with Crippen molar-refractivity contribution < 1.29 is 0 Å². The fourth-order valence-corrected chi connectivity index (χ4v) is 3.46. The molecular weight excluding hydrogens is 387 g/mol. The summed E-state index contributed by atoms with van der Waals surface area (Å²) in [4.78, 5) is 0. The molecule has 0 aliphatic rings. The molecule has 0 saturated heterocycles. The average Bonchev–Trinajstić information content (AvgIpc) is 2.42. The Labute approximate surface area is 136 Å². The van der Waals surface area contributed by atoms with Crippen molar-refractivity contribution in [2.75, 3.05) is 0 Å². The van der Waals surface area contributed by atoms with Crippen LogP contribution in [0.5, 0.6) is 0 Å². The van der Waals surface area contributed by atoms with Crippen molar-refractivity contribution in [1.82, 2.24) is 0 Å². The molecule has 2 rings (SSSR count). The highest BCUT2D eigenvalue weighted by atomic mass is 79.9. The molecule has 1 unspecified atom stereocenters. The zero-order valence-corrected chi connectivity index (χ0v) is 14.8. The van der Waals surface area contributed by atoms with Crippen LogP contribution in [0.15, 0.2) is 45.3 Å². The Hall–Kier alpha value is -0.310. The van der Waals surface area contributed by atoms with Crippen LogP contribution in [0.2, 0.25) is 0 Å². The molecule has 0 saturated carbocycles. The predicted molar refractivity (Wildman–Crippen MR) is 90.1 cm³/mol. The van der Waals surface area contributed by atoms with Crippen molar-refractivity contribution in [1.29, 1.82) is 0 Å². The highest BCUT2D eigenvalue weighted by Gasteiger charge is 2.15. The molecule has 19 heavy (non-hydrogen) atoms. The first kappa shape index (κ1) is 15.1. The molecule has 0 bridgehead atoms. The van der Waals surface area contributed by atoms with E-state index in [9.17, 15) is 0 Å². The van der Waals surface area contributed by atoms with E-state index in [0.717, 1.165) is 26.5 Å². The first-order valence-electron chi connectivity index (χ1n) is 6.21. The molecule has 0 amide bonds. The summed E-state index contributed by atoms with van der Waals surface area (Å²) in [6, 6.07) is 12.7. The lowest BCUT2D eigenvalue weighted by atomic mass is 10.0. The third-order valence-corrected chi connectivity index (χ3v) is 5.26. The van der Waals surface area contributed by atoms with Gasteiger partial charge in [-0.2, -0.15) is 0 Å². The molecule has 0 spiro atoms. The Bertz CT molecular complexity index is 576. The van der Waals surface area contributed by atoms with Crippen LogP contribution >= 0.6 is 43.5 Å². The van der Waals surface area contributed by atoms with E-state index >= 15 is 0 Å². The van der Waals surface area contributed by atoms with Gasteiger partial charge in [0.15, 0.2) is 0 Å².